The third-order valence-corrected chi connectivity index (χ3v) is 14.4. The molecule has 0 bridgehead atoms. The molecular weight excluding hydrogens is 1000 g/mol. The van der Waals surface area contributed by atoms with Crippen LogP contribution in [0.2, 0.25) is 0 Å². The second-order valence-corrected chi connectivity index (χ2v) is 20.2. The van der Waals surface area contributed by atoms with E-state index in [1.165, 1.54) is 6.92 Å². The predicted octanol–water partition coefficient (Wildman–Crippen LogP) is 10.7. The Labute approximate surface area is 448 Å². The minimum Gasteiger partial charge on any atom is -0.395 e. The molecule has 0 aromatic heterocycles. The van der Waals surface area contributed by atoms with E-state index in [9.17, 15) is 4.79 Å². The predicted molar refractivity (Wildman–Crippen MR) is 284 cm³/mol. The molecule has 10 rings (SSSR count). The summed E-state index contributed by atoms with van der Waals surface area (Å²) in [5.41, 5.74) is 4.28. The van der Waals surface area contributed by atoms with E-state index in [-0.39, 0.29) is 57.0 Å². The maximum atomic E-state index is 15.4. The van der Waals surface area contributed by atoms with Crippen LogP contribution in [-0.4, -0.2) is 80.5 Å². The lowest BCUT2D eigenvalue weighted by Gasteiger charge is -2.52. The Morgan fingerprint density at radius 3 is 1.48 bits per heavy atom. The number of ether oxygens (including phenoxy) is 9. The molecule has 3 saturated heterocycles. The number of carbonyl (C=O) groups excluding carboxylic acids is 1. The lowest BCUT2D eigenvalue weighted by Crippen LogP contribution is -2.69. The minimum absolute atomic E-state index is 0.0378. The highest BCUT2D eigenvalue weighted by molar-refractivity contribution is 7.49. The first-order chi connectivity index (χ1) is 37.8. The molecule has 77 heavy (non-hydrogen) atoms. The maximum Gasteiger partial charge on any atom is 0.590 e. The van der Waals surface area contributed by atoms with Gasteiger partial charge in [0.15, 0.2) is 12.6 Å². The summed E-state index contributed by atoms with van der Waals surface area (Å²) in [5.74, 6) is 0.0729. The van der Waals surface area contributed by atoms with Crippen LogP contribution in [0.1, 0.15) is 41.0 Å². The highest BCUT2D eigenvalue weighted by Gasteiger charge is 2.57. The Hall–Kier alpha value is -6.56. The fourth-order valence-electron chi connectivity index (χ4n) is 9.41. The van der Waals surface area contributed by atoms with E-state index in [0.717, 1.165) is 27.8 Å². The fraction of sp³-hybridized carbons (Fsp3) is 0.295. The van der Waals surface area contributed by atoms with Crippen LogP contribution in [0.5, 0.6) is 11.5 Å². The first-order valence-electron chi connectivity index (χ1n) is 25.7. The van der Waals surface area contributed by atoms with E-state index >= 15 is 4.57 Å². The largest absolute Gasteiger partial charge is 0.590 e. The van der Waals surface area contributed by atoms with E-state index in [1.54, 1.807) is 48.5 Å². The van der Waals surface area contributed by atoms with Crippen LogP contribution in [-0.2, 0) is 82.9 Å². The topological polar surface area (TPSA) is 157 Å². The zero-order chi connectivity index (χ0) is 52.7. The highest BCUT2D eigenvalue weighted by atomic mass is 31.2. The molecule has 0 radical (unpaired) electrons. The summed E-state index contributed by atoms with van der Waals surface area (Å²) in [6.45, 7) is 1.88. The number of rotatable bonds is 23. The SMILES string of the molecule is CC(=O)N[C@@H]1[C@H](O[C@@H]2[C@H](OCc3ccccc3)[C@@H](OCc3ccccc3)[C@@H](OP(=O)(Oc3ccccc3)Oc3ccccc3)O[C@@H]2COCc2ccccc2)O[C@@H]2CO[C@@H](c3ccccc3)O[C@H]2[C@@H]1OCc1ccccc1. The van der Waals surface area contributed by atoms with Crippen LogP contribution < -0.4 is 14.4 Å². The van der Waals surface area contributed by atoms with Crippen LogP contribution in [0, 0.1) is 0 Å². The van der Waals surface area contributed by atoms with E-state index < -0.39 is 75.5 Å². The summed E-state index contributed by atoms with van der Waals surface area (Å²) in [6.07, 6.45) is -10.4. The van der Waals surface area contributed by atoms with Gasteiger partial charge in [-0.2, -0.15) is 0 Å². The van der Waals surface area contributed by atoms with E-state index in [2.05, 4.69) is 5.32 Å². The smallest absolute Gasteiger partial charge is 0.395 e. The van der Waals surface area contributed by atoms with Crippen molar-refractivity contribution < 1.29 is 65.6 Å². The third kappa shape index (κ3) is 14.7. The van der Waals surface area contributed by atoms with Gasteiger partial charge in [0.1, 0.15) is 60.3 Å². The fourth-order valence-corrected chi connectivity index (χ4v) is 10.7. The number of hydrogen-bond donors (Lipinski definition) is 1. The van der Waals surface area contributed by atoms with Gasteiger partial charge in [-0.15, -0.1) is 0 Å². The summed E-state index contributed by atoms with van der Waals surface area (Å²) >= 11 is 0. The summed E-state index contributed by atoms with van der Waals surface area (Å²) < 4.78 is 96.1. The van der Waals surface area contributed by atoms with Gasteiger partial charge in [-0.25, -0.2) is 9.09 Å². The van der Waals surface area contributed by atoms with Crippen LogP contribution in [0.3, 0.4) is 0 Å². The molecule has 7 aromatic carbocycles. The molecule has 0 spiro atoms. The van der Waals surface area contributed by atoms with Crippen molar-refractivity contribution in [3.05, 3.63) is 240 Å². The Morgan fingerprint density at radius 1 is 0.519 bits per heavy atom. The minimum atomic E-state index is -4.69. The normalized spacial score (nSPS) is 25.2. The van der Waals surface area contributed by atoms with Crippen LogP contribution in [0.25, 0.3) is 0 Å². The Bertz CT molecular complexity index is 2860. The van der Waals surface area contributed by atoms with Crippen molar-refractivity contribution in [3.63, 3.8) is 0 Å². The van der Waals surface area contributed by atoms with Gasteiger partial charge < -0.3 is 57.0 Å². The number of phosphoric ester groups is 1. The van der Waals surface area contributed by atoms with E-state index in [0.29, 0.717) is 0 Å². The molecular formula is C61H62NO14P. The average molecular weight is 1060 g/mol. The van der Waals surface area contributed by atoms with Crippen molar-refractivity contribution >= 4 is 13.7 Å². The lowest BCUT2D eigenvalue weighted by atomic mass is 9.94. The second-order valence-electron chi connectivity index (χ2n) is 18.7. The van der Waals surface area contributed by atoms with Gasteiger partial charge in [0, 0.05) is 12.5 Å². The first-order valence-corrected chi connectivity index (χ1v) is 27.2. The molecule has 400 valence electrons. The quantitative estimate of drug-likeness (QED) is 0.0604. The second kappa shape index (κ2) is 26.7. The Morgan fingerprint density at radius 2 is 0.974 bits per heavy atom. The third-order valence-electron chi connectivity index (χ3n) is 13.1. The molecule has 0 aliphatic carbocycles. The molecule has 7 aromatic rings. The lowest BCUT2D eigenvalue weighted by molar-refractivity contribution is -0.376. The monoisotopic (exact) mass is 1060 g/mol. The van der Waals surface area contributed by atoms with Gasteiger partial charge in [-0.3, -0.25) is 4.79 Å². The van der Waals surface area contributed by atoms with E-state index in [4.69, 9.17) is 56.2 Å². The number of fused-ring (bicyclic) bond motifs is 1. The van der Waals surface area contributed by atoms with Gasteiger partial charge in [0.05, 0.1) is 39.6 Å². The number of nitrogens with one attached hydrogen (secondary N) is 1. The molecule has 0 unspecified atom stereocenters. The number of phosphoric acid groups is 1. The molecule has 3 heterocycles. The summed E-state index contributed by atoms with van der Waals surface area (Å²) in [6, 6.07) is 64.4. The maximum absolute atomic E-state index is 15.4. The Balaban J connectivity index is 1.05. The molecule has 1 N–H and O–H groups in total. The van der Waals surface area contributed by atoms with E-state index in [1.807, 2.05) is 164 Å². The van der Waals surface area contributed by atoms with Gasteiger partial charge >= 0.3 is 7.82 Å². The van der Waals surface area contributed by atoms with Crippen molar-refractivity contribution in [2.45, 2.75) is 101 Å². The summed E-state index contributed by atoms with van der Waals surface area (Å²) in [4.78, 5) is 13.5. The number of benzene rings is 7. The highest BCUT2D eigenvalue weighted by Crippen LogP contribution is 2.53. The number of carbonyl (C=O) groups is 1. The molecule has 11 atom stereocenters. The van der Waals surface area contributed by atoms with Crippen molar-refractivity contribution in [1.82, 2.24) is 5.32 Å². The molecule has 0 saturated carbocycles. The van der Waals surface area contributed by atoms with Crippen molar-refractivity contribution in [1.29, 1.82) is 0 Å². The summed E-state index contributed by atoms with van der Waals surface area (Å²) in [5, 5.41) is 3.12. The number of amides is 1. The molecule has 3 aliphatic heterocycles. The van der Waals surface area contributed by atoms with Gasteiger partial charge in [-0.1, -0.05) is 188 Å². The van der Waals surface area contributed by atoms with Crippen molar-refractivity contribution in [2.24, 2.45) is 0 Å². The standard InChI is InChI=1S/C61H62NO14P/c1-43(63)62-53-56(66-38-45-25-11-3-12-26-45)54-52(42-69-59(72-54)48-31-17-6-18-32-48)70-60(53)73-55-51(41-65-37-44-23-9-2-10-24-44)71-61(76-77(64,74-49-33-19-7-20-34-49)75-50-35-21-8-22-36-50)58(68-40-47-29-15-5-16-30-47)57(55)67-39-46-27-13-4-14-28-46/h2-36,51-61H,37-42H2,1H3,(H,62,63)/t51-,52-,53+,54-,55+,56-,57+,58-,59-,60+,61-/m1/s1. The Kier molecular flexibility index (Phi) is 18.6. The average Bonchev–Trinajstić information content (AvgIpc) is 3.47. The summed E-state index contributed by atoms with van der Waals surface area (Å²) in [7, 11) is -4.69. The number of hydrogen-bond acceptors (Lipinski definition) is 14. The van der Waals surface area contributed by atoms with Gasteiger partial charge in [0.25, 0.3) is 0 Å². The molecule has 3 fully saturated rings. The zero-order valence-electron chi connectivity index (χ0n) is 42.5. The zero-order valence-corrected chi connectivity index (χ0v) is 43.4. The molecule has 15 nitrogen and oxygen atoms in total. The van der Waals surface area contributed by atoms with Crippen molar-refractivity contribution in [3.8, 4) is 11.5 Å². The van der Waals surface area contributed by atoms with Crippen LogP contribution >= 0.6 is 7.82 Å². The van der Waals surface area contributed by atoms with Gasteiger partial charge in [-0.05, 0) is 46.5 Å². The van der Waals surface area contributed by atoms with Gasteiger partial charge in [0.2, 0.25) is 12.2 Å². The molecule has 16 heteroatoms. The van der Waals surface area contributed by atoms with Crippen LogP contribution in [0.15, 0.2) is 212 Å². The number of para-hydroxylation sites is 2. The first kappa shape index (κ1) is 53.8. The van der Waals surface area contributed by atoms with Crippen molar-refractivity contribution in [2.75, 3.05) is 13.2 Å². The van der Waals surface area contributed by atoms with Crippen LogP contribution in [0.4, 0.5) is 0 Å². The molecule has 1 amide bonds. The molecule has 3 aliphatic rings.